The van der Waals surface area contributed by atoms with Crippen molar-refractivity contribution in [1.82, 2.24) is 14.9 Å². The quantitative estimate of drug-likeness (QED) is 0.689. The smallest absolute Gasteiger partial charge is 0.321 e. The third-order valence-electron chi connectivity index (χ3n) is 3.97. The average molecular weight is 410 g/mol. The molecule has 0 aliphatic carbocycles. The molecule has 6 nitrogen and oxygen atoms in total. The number of fused-ring (bicyclic) bond motifs is 1. The number of anilines is 1. The largest absolute Gasteiger partial charge is 0.416 e. The number of nitrogens with one attached hydrogen (secondary N) is 2. The molecule has 0 bridgehead atoms. The van der Waals surface area contributed by atoms with Gasteiger partial charge in [-0.15, -0.1) is 11.3 Å². The van der Waals surface area contributed by atoms with Crippen molar-refractivity contribution in [3.63, 3.8) is 0 Å². The summed E-state index contributed by atoms with van der Waals surface area (Å²) in [6.07, 6.45) is -4.51. The Balaban J connectivity index is 1.95. The molecule has 0 spiro atoms. The summed E-state index contributed by atoms with van der Waals surface area (Å²) >= 11 is 1.03. The van der Waals surface area contributed by atoms with E-state index in [2.05, 4.69) is 15.3 Å². The second-order valence-corrected chi connectivity index (χ2v) is 7.52. The van der Waals surface area contributed by atoms with E-state index in [0.29, 0.717) is 28.1 Å². The molecule has 28 heavy (non-hydrogen) atoms. The fourth-order valence-electron chi connectivity index (χ4n) is 2.74. The summed E-state index contributed by atoms with van der Waals surface area (Å²) in [5.74, 6) is -0.123. The number of halogens is 3. The molecule has 3 rings (SSSR count). The number of hydrogen-bond donors (Lipinski definition) is 2. The molecule has 1 aromatic carbocycles. The van der Waals surface area contributed by atoms with E-state index in [4.69, 9.17) is 0 Å². The first kappa shape index (κ1) is 20.0. The number of aryl methyl sites for hydroxylation is 1. The van der Waals surface area contributed by atoms with Gasteiger partial charge in [0.1, 0.15) is 10.7 Å². The number of hydrogen-bond acceptors (Lipinski definition) is 5. The Labute approximate surface area is 162 Å². The van der Waals surface area contributed by atoms with Crippen molar-refractivity contribution in [2.24, 2.45) is 0 Å². The van der Waals surface area contributed by atoms with Crippen LogP contribution >= 0.6 is 11.3 Å². The summed E-state index contributed by atoms with van der Waals surface area (Å²) in [7, 11) is 3.66. The molecule has 1 amide bonds. The number of H-pyrrole nitrogens is 1. The highest BCUT2D eigenvalue weighted by molar-refractivity contribution is 7.20. The lowest BCUT2D eigenvalue weighted by Gasteiger charge is -2.09. The lowest BCUT2D eigenvalue weighted by molar-refractivity contribution is -0.137. The third kappa shape index (κ3) is 4.07. The Hall–Kier alpha value is -2.72. The van der Waals surface area contributed by atoms with Crippen molar-refractivity contribution in [2.75, 3.05) is 19.4 Å². The molecule has 148 valence electrons. The van der Waals surface area contributed by atoms with Gasteiger partial charge in [-0.3, -0.25) is 9.59 Å². The minimum atomic E-state index is -4.51. The first-order chi connectivity index (χ1) is 13.1. The van der Waals surface area contributed by atoms with Crippen LogP contribution in [-0.2, 0) is 12.7 Å². The van der Waals surface area contributed by atoms with E-state index in [-0.39, 0.29) is 16.1 Å². The maximum Gasteiger partial charge on any atom is 0.416 e. The van der Waals surface area contributed by atoms with Crippen molar-refractivity contribution in [3.05, 3.63) is 56.4 Å². The van der Waals surface area contributed by atoms with Crippen molar-refractivity contribution in [1.29, 1.82) is 0 Å². The zero-order valence-corrected chi connectivity index (χ0v) is 16.1. The van der Waals surface area contributed by atoms with Crippen molar-refractivity contribution >= 4 is 33.1 Å². The molecular weight excluding hydrogens is 393 g/mol. The number of amides is 1. The number of carbonyl (C=O) groups is 1. The highest BCUT2D eigenvalue weighted by atomic mass is 32.1. The number of rotatable bonds is 4. The molecule has 0 aliphatic rings. The molecule has 0 fully saturated rings. The first-order valence-electron chi connectivity index (χ1n) is 8.22. The van der Waals surface area contributed by atoms with Crippen molar-refractivity contribution in [2.45, 2.75) is 19.6 Å². The molecule has 2 N–H and O–H groups in total. The number of thiophene rings is 1. The van der Waals surface area contributed by atoms with Crippen LogP contribution in [-0.4, -0.2) is 34.9 Å². The molecule has 2 heterocycles. The third-order valence-corrected chi connectivity index (χ3v) is 5.15. The number of carbonyl (C=O) groups excluding carboxylic acids is 1. The maximum absolute atomic E-state index is 12.8. The normalized spacial score (nSPS) is 12.0. The van der Waals surface area contributed by atoms with Crippen LogP contribution in [0.25, 0.3) is 10.2 Å². The van der Waals surface area contributed by atoms with E-state index in [0.717, 1.165) is 23.5 Å². The SMILES string of the molecule is Cc1c(C(=O)Nc2cccc(C(F)(F)F)c2)sc2nc(CN(C)C)[nH]c(=O)c12. The van der Waals surface area contributed by atoms with E-state index in [1.807, 2.05) is 19.0 Å². The molecule has 0 saturated heterocycles. The predicted octanol–water partition coefficient (Wildman–Crippen LogP) is 3.63. The van der Waals surface area contributed by atoms with Gasteiger partial charge in [-0.1, -0.05) is 6.07 Å². The van der Waals surface area contributed by atoms with Crippen LogP contribution in [0.3, 0.4) is 0 Å². The van der Waals surface area contributed by atoms with Gasteiger partial charge in [0.15, 0.2) is 0 Å². The Bertz CT molecular complexity index is 1100. The molecule has 3 aromatic rings. The zero-order chi connectivity index (χ0) is 20.6. The molecule has 0 unspecified atom stereocenters. The molecule has 10 heteroatoms. The topological polar surface area (TPSA) is 78.1 Å². The lowest BCUT2D eigenvalue weighted by atomic mass is 10.2. The Morgan fingerprint density at radius 1 is 1.32 bits per heavy atom. The number of benzene rings is 1. The molecule has 0 aliphatic heterocycles. The minimum absolute atomic E-state index is 0.0202. The van der Waals surface area contributed by atoms with E-state index >= 15 is 0 Å². The highest BCUT2D eigenvalue weighted by Gasteiger charge is 2.30. The van der Waals surface area contributed by atoms with Crippen LogP contribution in [0.15, 0.2) is 29.1 Å². The minimum Gasteiger partial charge on any atom is -0.321 e. The molecule has 0 atom stereocenters. The van der Waals surface area contributed by atoms with Gasteiger partial charge < -0.3 is 15.2 Å². The Morgan fingerprint density at radius 3 is 2.68 bits per heavy atom. The van der Waals surface area contributed by atoms with Crippen LogP contribution in [0, 0.1) is 6.92 Å². The molecular formula is C18H17F3N4O2S. The van der Waals surface area contributed by atoms with E-state index in [1.54, 1.807) is 6.92 Å². The van der Waals surface area contributed by atoms with Crippen LogP contribution in [0.1, 0.15) is 26.6 Å². The number of aromatic amines is 1. The fourth-order valence-corrected chi connectivity index (χ4v) is 3.84. The molecule has 0 radical (unpaired) electrons. The van der Waals surface area contributed by atoms with Crippen LogP contribution in [0.5, 0.6) is 0 Å². The number of aromatic nitrogens is 2. The van der Waals surface area contributed by atoms with Crippen molar-refractivity contribution in [3.8, 4) is 0 Å². The van der Waals surface area contributed by atoms with Gasteiger partial charge in [-0.05, 0) is 44.8 Å². The Morgan fingerprint density at radius 2 is 2.04 bits per heavy atom. The summed E-state index contributed by atoms with van der Waals surface area (Å²) in [6, 6.07) is 4.38. The summed E-state index contributed by atoms with van der Waals surface area (Å²) < 4.78 is 38.5. The van der Waals surface area contributed by atoms with Crippen LogP contribution in [0.4, 0.5) is 18.9 Å². The van der Waals surface area contributed by atoms with Gasteiger partial charge in [-0.25, -0.2) is 4.98 Å². The standard InChI is InChI=1S/C18H17F3N4O2S/c1-9-13-15(26)23-12(8-25(2)3)24-17(13)28-14(9)16(27)22-11-6-4-5-10(7-11)18(19,20)21/h4-7H,8H2,1-3H3,(H,22,27)(H,23,24,26). The Kier molecular flexibility index (Phi) is 5.26. The fraction of sp³-hybridized carbons (Fsp3) is 0.278. The van der Waals surface area contributed by atoms with Gasteiger partial charge >= 0.3 is 6.18 Å². The van der Waals surface area contributed by atoms with Gasteiger partial charge in [0.2, 0.25) is 0 Å². The average Bonchev–Trinajstić information content (AvgIpc) is 2.91. The first-order valence-corrected chi connectivity index (χ1v) is 9.03. The van der Waals surface area contributed by atoms with Gasteiger partial charge in [0, 0.05) is 5.69 Å². The van der Waals surface area contributed by atoms with Crippen LogP contribution in [0.2, 0.25) is 0 Å². The number of nitrogens with zero attached hydrogens (tertiary/aromatic N) is 2. The zero-order valence-electron chi connectivity index (χ0n) is 15.3. The van der Waals surface area contributed by atoms with E-state index in [9.17, 15) is 22.8 Å². The predicted molar refractivity (Wildman–Crippen MR) is 102 cm³/mol. The molecule has 0 saturated carbocycles. The summed E-state index contributed by atoms with van der Waals surface area (Å²) in [6.45, 7) is 2.04. The highest BCUT2D eigenvalue weighted by Crippen LogP contribution is 2.32. The summed E-state index contributed by atoms with van der Waals surface area (Å²) in [5.41, 5.74) is -0.750. The summed E-state index contributed by atoms with van der Waals surface area (Å²) in [4.78, 5) is 34.6. The van der Waals surface area contributed by atoms with E-state index in [1.165, 1.54) is 12.1 Å². The van der Waals surface area contributed by atoms with Crippen LogP contribution < -0.4 is 10.9 Å². The molecule has 2 aromatic heterocycles. The van der Waals surface area contributed by atoms with Gasteiger partial charge in [0.25, 0.3) is 11.5 Å². The maximum atomic E-state index is 12.8. The van der Waals surface area contributed by atoms with E-state index < -0.39 is 17.6 Å². The van der Waals surface area contributed by atoms with Gasteiger partial charge in [0.05, 0.1) is 22.4 Å². The summed E-state index contributed by atoms with van der Waals surface area (Å²) in [5, 5.41) is 2.77. The second-order valence-electron chi connectivity index (χ2n) is 6.52. The lowest BCUT2D eigenvalue weighted by Crippen LogP contribution is -2.18. The van der Waals surface area contributed by atoms with Crippen molar-refractivity contribution < 1.29 is 18.0 Å². The second kappa shape index (κ2) is 7.36. The monoisotopic (exact) mass is 410 g/mol. The number of alkyl halides is 3. The van der Waals surface area contributed by atoms with Gasteiger partial charge in [-0.2, -0.15) is 13.2 Å².